The molecule has 1 atom stereocenters. The van der Waals surface area contributed by atoms with Crippen LogP contribution < -0.4 is 0 Å². The summed E-state index contributed by atoms with van der Waals surface area (Å²) in [5.41, 5.74) is 2.52. The zero-order valence-corrected chi connectivity index (χ0v) is 19.7. The van der Waals surface area contributed by atoms with Gasteiger partial charge in [-0.2, -0.15) is 0 Å². The Hall–Kier alpha value is -1.76. The number of ether oxygens (including phenoxy) is 1. The molecule has 0 aliphatic heterocycles. The molecule has 4 nitrogen and oxygen atoms in total. The number of esters is 1. The maximum absolute atomic E-state index is 12.4. The second-order valence-electron chi connectivity index (χ2n) is 8.69. The molecule has 0 bridgehead atoms. The zero-order chi connectivity index (χ0) is 21.8. The van der Waals surface area contributed by atoms with Gasteiger partial charge in [-0.25, -0.2) is 4.79 Å². The van der Waals surface area contributed by atoms with E-state index in [1.54, 1.807) is 12.3 Å². The van der Waals surface area contributed by atoms with Gasteiger partial charge in [0.2, 0.25) is 0 Å². The Balaban J connectivity index is 2.49. The maximum atomic E-state index is 12.4. The van der Waals surface area contributed by atoms with Gasteiger partial charge in [-0.1, -0.05) is 55.1 Å². The number of methoxy groups -OCH3 is 1. The Kier molecular flexibility index (Phi) is 7.60. The largest absolute Gasteiger partial charge is 0.591 e. The highest BCUT2D eigenvalue weighted by Crippen LogP contribution is 2.35. The van der Waals surface area contributed by atoms with E-state index in [0.29, 0.717) is 5.56 Å². The second kappa shape index (κ2) is 9.37. The molecule has 6 heteroatoms. The van der Waals surface area contributed by atoms with E-state index in [9.17, 15) is 9.35 Å². The SMILES string of the molecule is COC(=O)c1ccccc1Sc1ccc(C(C)(C)C)cc1/C=N/[S+]([O-])C(C)(C)C. The van der Waals surface area contributed by atoms with Crippen LogP contribution in [0.2, 0.25) is 0 Å². The third-order valence-electron chi connectivity index (χ3n) is 4.20. The lowest BCUT2D eigenvalue weighted by Gasteiger charge is -2.21. The molecule has 0 amide bonds. The van der Waals surface area contributed by atoms with Crippen molar-refractivity contribution in [2.45, 2.75) is 61.5 Å². The molecule has 0 aliphatic rings. The summed E-state index contributed by atoms with van der Waals surface area (Å²) in [6.45, 7) is 12.1. The molecule has 29 heavy (non-hydrogen) atoms. The van der Waals surface area contributed by atoms with Gasteiger partial charge < -0.3 is 9.29 Å². The van der Waals surface area contributed by atoms with Crippen molar-refractivity contribution in [1.29, 1.82) is 0 Å². The Morgan fingerprint density at radius 1 is 1.07 bits per heavy atom. The van der Waals surface area contributed by atoms with Crippen molar-refractivity contribution in [3.63, 3.8) is 0 Å². The number of benzene rings is 2. The Labute approximate surface area is 181 Å². The Morgan fingerprint density at radius 2 is 1.72 bits per heavy atom. The van der Waals surface area contributed by atoms with Crippen LogP contribution in [0.3, 0.4) is 0 Å². The van der Waals surface area contributed by atoms with Crippen molar-refractivity contribution < 1.29 is 14.1 Å². The van der Waals surface area contributed by atoms with Crippen molar-refractivity contribution >= 4 is 35.3 Å². The Morgan fingerprint density at radius 3 is 2.31 bits per heavy atom. The second-order valence-corrected chi connectivity index (χ2v) is 11.7. The summed E-state index contributed by atoms with van der Waals surface area (Å²) >= 11 is 0.125. The lowest BCUT2D eigenvalue weighted by Crippen LogP contribution is -2.25. The molecule has 0 aliphatic carbocycles. The number of hydrogen-bond acceptors (Lipinski definition) is 5. The van der Waals surface area contributed by atoms with Crippen LogP contribution in [0.5, 0.6) is 0 Å². The number of nitrogens with zero attached hydrogens (tertiary/aromatic N) is 1. The number of rotatable bonds is 5. The van der Waals surface area contributed by atoms with Crippen LogP contribution in [0.4, 0.5) is 0 Å². The highest BCUT2D eigenvalue weighted by Gasteiger charge is 2.26. The molecular formula is C23H29NO3S2. The average molecular weight is 432 g/mol. The van der Waals surface area contributed by atoms with Gasteiger partial charge in [0.1, 0.15) is 16.1 Å². The van der Waals surface area contributed by atoms with Gasteiger partial charge >= 0.3 is 5.97 Å². The molecule has 1 unspecified atom stereocenters. The number of carbonyl (C=O) groups is 1. The van der Waals surface area contributed by atoms with Crippen LogP contribution in [0.1, 0.15) is 63.0 Å². The lowest BCUT2D eigenvalue weighted by atomic mass is 9.86. The third-order valence-corrected chi connectivity index (χ3v) is 6.71. The Bertz CT molecular complexity index is 896. The van der Waals surface area contributed by atoms with Gasteiger partial charge in [0, 0.05) is 15.4 Å². The van der Waals surface area contributed by atoms with Crippen LogP contribution in [-0.2, 0) is 21.5 Å². The van der Waals surface area contributed by atoms with Crippen molar-refractivity contribution in [2.24, 2.45) is 4.40 Å². The van der Waals surface area contributed by atoms with Crippen LogP contribution in [0, 0.1) is 0 Å². The van der Waals surface area contributed by atoms with E-state index in [4.69, 9.17) is 4.74 Å². The number of carbonyl (C=O) groups excluding carboxylic acids is 1. The summed E-state index contributed by atoms with van der Waals surface area (Å²) in [5, 5.41) is 0. The predicted molar refractivity (Wildman–Crippen MR) is 123 cm³/mol. The molecule has 0 aromatic heterocycles. The molecule has 156 valence electrons. The molecule has 0 N–H and O–H groups in total. The van der Waals surface area contributed by atoms with Crippen LogP contribution in [-0.4, -0.2) is 28.6 Å². The lowest BCUT2D eigenvalue weighted by molar-refractivity contribution is 0.0597. The van der Waals surface area contributed by atoms with Gasteiger partial charge in [-0.3, -0.25) is 0 Å². The minimum absolute atomic E-state index is 0.0289. The molecule has 0 radical (unpaired) electrons. The van der Waals surface area contributed by atoms with E-state index >= 15 is 0 Å². The van der Waals surface area contributed by atoms with Gasteiger partial charge in [0.05, 0.1) is 18.9 Å². The molecule has 0 saturated heterocycles. The fourth-order valence-corrected chi connectivity index (χ4v) is 3.96. The van der Waals surface area contributed by atoms with E-state index in [-0.39, 0.29) is 11.4 Å². The van der Waals surface area contributed by atoms with Crippen molar-refractivity contribution in [2.75, 3.05) is 7.11 Å². The zero-order valence-electron chi connectivity index (χ0n) is 18.1. The highest BCUT2D eigenvalue weighted by atomic mass is 32.2. The summed E-state index contributed by atoms with van der Waals surface area (Å²) in [5.74, 6) is -0.372. The van der Waals surface area contributed by atoms with Crippen molar-refractivity contribution in [1.82, 2.24) is 0 Å². The predicted octanol–water partition coefficient (Wildman–Crippen LogP) is 5.80. The molecule has 0 fully saturated rings. The normalized spacial score (nSPS) is 13.5. The molecule has 0 saturated carbocycles. The maximum Gasteiger partial charge on any atom is 0.339 e. The van der Waals surface area contributed by atoms with Crippen LogP contribution in [0.15, 0.2) is 56.7 Å². The van der Waals surface area contributed by atoms with E-state index < -0.39 is 16.1 Å². The van der Waals surface area contributed by atoms with E-state index in [1.807, 2.05) is 45.0 Å². The molecule has 2 aromatic rings. The molecule has 0 heterocycles. The quantitative estimate of drug-likeness (QED) is 0.341. The first-order valence-electron chi connectivity index (χ1n) is 9.39. The molecule has 2 rings (SSSR count). The molecule has 0 spiro atoms. The van der Waals surface area contributed by atoms with Gasteiger partial charge in [-0.15, -0.1) is 0 Å². The van der Waals surface area contributed by atoms with E-state index in [1.165, 1.54) is 18.9 Å². The average Bonchev–Trinajstić information content (AvgIpc) is 2.65. The molecule has 2 aromatic carbocycles. The van der Waals surface area contributed by atoms with Crippen molar-refractivity contribution in [3.05, 3.63) is 59.2 Å². The topological polar surface area (TPSA) is 61.7 Å². The minimum Gasteiger partial charge on any atom is -0.591 e. The first kappa shape index (κ1) is 23.5. The third kappa shape index (κ3) is 6.36. The van der Waals surface area contributed by atoms with Gasteiger partial charge in [0.25, 0.3) is 0 Å². The van der Waals surface area contributed by atoms with Gasteiger partial charge in [0.15, 0.2) is 0 Å². The fraction of sp³-hybridized carbons (Fsp3) is 0.391. The summed E-state index contributed by atoms with van der Waals surface area (Å²) in [6.07, 6.45) is 1.68. The highest BCUT2D eigenvalue weighted by molar-refractivity contribution is 7.99. The molecular weight excluding hydrogens is 402 g/mol. The monoisotopic (exact) mass is 431 g/mol. The first-order valence-corrected chi connectivity index (χ1v) is 11.3. The standard InChI is InChI=1S/C23H29NO3S2/c1-22(2,3)17-12-13-19(16(14-17)15-24-29(26)23(4,5)6)28-20-11-9-8-10-18(20)21(25)27-7/h8-15H,1-7H3/b24-15+. The van der Waals surface area contributed by atoms with E-state index in [0.717, 1.165) is 20.9 Å². The minimum atomic E-state index is -1.35. The summed E-state index contributed by atoms with van der Waals surface area (Å²) < 4.78 is 21.2. The summed E-state index contributed by atoms with van der Waals surface area (Å²) in [4.78, 5) is 13.9. The van der Waals surface area contributed by atoms with Crippen molar-refractivity contribution in [3.8, 4) is 0 Å². The first-order chi connectivity index (χ1) is 13.4. The number of hydrogen-bond donors (Lipinski definition) is 0. The summed E-state index contributed by atoms with van der Waals surface area (Å²) in [6, 6.07) is 13.5. The fourth-order valence-electron chi connectivity index (χ4n) is 2.42. The van der Waals surface area contributed by atoms with Gasteiger partial charge in [-0.05, 0) is 56.0 Å². The van der Waals surface area contributed by atoms with Crippen LogP contribution >= 0.6 is 11.8 Å². The summed E-state index contributed by atoms with van der Waals surface area (Å²) in [7, 11) is 1.38. The smallest absolute Gasteiger partial charge is 0.339 e. The van der Waals surface area contributed by atoms with E-state index in [2.05, 4.69) is 37.3 Å². The van der Waals surface area contributed by atoms with Crippen LogP contribution in [0.25, 0.3) is 0 Å².